The number of rotatable bonds is 5. The number of hydrogen-bond acceptors (Lipinski definition) is 7. The number of hydrogen-bond donors (Lipinski definition) is 3. The third-order valence-electron chi connectivity index (χ3n) is 5.71. The van der Waals surface area contributed by atoms with Crippen molar-refractivity contribution in [3.63, 3.8) is 0 Å². The monoisotopic (exact) mass is 455 g/mol. The fourth-order valence-corrected chi connectivity index (χ4v) is 5.21. The number of sulfonamides is 1. The lowest BCUT2D eigenvalue weighted by Crippen LogP contribution is -2.26. The fraction of sp³-hybridized carbons (Fsp3) is 0.273. The van der Waals surface area contributed by atoms with Crippen molar-refractivity contribution >= 4 is 43.5 Å². The van der Waals surface area contributed by atoms with Crippen LogP contribution in [0.2, 0.25) is 0 Å². The van der Waals surface area contributed by atoms with Crippen LogP contribution < -0.4 is 21.4 Å². The Morgan fingerprint density at radius 2 is 1.69 bits per heavy atom. The normalized spacial score (nSPS) is 15.2. The Hall–Kier alpha value is -3.53. The molecule has 0 amide bonds. The Labute approximate surface area is 182 Å². The van der Waals surface area contributed by atoms with Gasteiger partial charge in [-0.15, -0.1) is 0 Å². The van der Waals surface area contributed by atoms with Crippen molar-refractivity contribution in [3.8, 4) is 0 Å². The zero-order valence-electron chi connectivity index (χ0n) is 17.0. The van der Waals surface area contributed by atoms with E-state index < -0.39 is 21.4 Å². The molecule has 2 aromatic heterocycles. The Balaban J connectivity index is 1.60. The number of nitrogens with one attached hydrogen (secondary N) is 3. The van der Waals surface area contributed by atoms with Gasteiger partial charge in [-0.05, 0) is 37.1 Å². The van der Waals surface area contributed by atoms with Crippen LogP contribution in [0.1, 0.15) is 32.1 Å². The predicted molar refractivity (Wildman–Crippen MR) is 121 cm³/mol. The van der Waals surface area contributed by atoms with E-state index >= 15 is 0 Å². The second-order valence-electron chi connectivity index (χ2n) is 7.89. The molecule has 2 heterocycles. The fourth-order valence-electron chi connectivity index (χ4n) is 4.13. The predicted octanol–water partition coefficient (Wildman–Crippen LogP) is 3.77. The zero-order chi connectivity index (χ0) is 22.3. The first-order valence-corrected chi connectivity index (χ1v) is 11.9. The summed E-state index contributed by atoms with van der Waals surface area (Å²) in [5.74, 6) is -0.684. The number of anilines is 2. The van der Waals surface area contributed by atoms with Crippen molar-refractivity contribution in [2.45, 2.75) is 43.0 Å². The number of aromatic nitrogens is 1. The molecule has 166 valence electrons. The molecule has 0 bridgehead atoms. The van der Waals surface area contributed by atoms with E-state index in [0.717, 1.165) is 32.1 Å². The van der Waals surface area contributed by atoms with Gasteiger partial charge in [0.2, 0.25) is 0 Å². The molecule has 32 heavy (non-hydrogen) atoms. The molecule has 0 radical (unpaired) electrons. The highest BCUT2D eigenvalue weighted by atomic mass is 32.2. The molecule has 5 rings (SSSR count). The number of fused-ring (bicyclic) bond motifs is 2. The van der Waals surface area contributed by atoms with Crippen LogP contribution in [0.5, 0.6) is 0 Å². The molecule has 1 aliphatic carbocycles. The molecule has 0 atom stereocenters. The van der Waals surface area contributed by atoms with E-state index in [-0.39, 0.29) is 22.2 Å². The smallest absolute Gasteiger partial charge is 0.417 e. The molecule has 2 aromatic carbocycles. The summed E-state index contributed by atoms with van der Waals surface area (Å²) in [5.41, 5.74) is 0.281. The number of oxazole rings is 1. The largest absolute Gasteiger partial charge is 0.421 e. The summed E-state index contributed by atoms with van der Waals surface area (Å²) in [5, 5.41) is 4.00. The number of H-pyrrole nitrogens is 1. The van der Waals surface area contributed by atoms with Crippen LogP contribution in [0.25, 0.3) is 22.1 Å². The molecule has 0 unspecified atom stereocenters. The maximum Gasteiger partial charge on any atom is 0.417 e. The lowest BCUT2D eigenvalue weighted by molar-refractivity contribution is 0.462. The summed E-state index contributed by atoms with van der Waals surface area (Å²) in [6.45, 7) is 0. The van der Waals surface area contributed by atoms with Crippen molar-refractivity contribution in [1.82, 2.24) is 4.98 Å². The number of para-hydroxylation sites is 1. The van der Waals surface area contributed by atoms with Crippen molar-refractivity contribution < 1.29 is 17.3 Å². The molecular weight excluding hydrogens is 434 g/mol. The standard InChI is InChI=1S/C22H21N3O6S/c26-21-20(25-32(28,29)14-10-11-16-18(12-14)31-22(27)24-16)19(23-13-6-2-1-3-7-13)15-8-4-5-9-17(15)30-21/h4-5,8-13,23,25H,1-3,6-7H2,(H,24,27). The minimum Gasteiger partial charge on any atom is -0.421 e. The third kappa shape index (κ3) is 3.77. The maximum absolute atomic E-state index is 13.1. The number of benzene rings is 2. The number of aromatic amines is 1. The van der Waals surface area contributed by atoms with Gasteiger partial charge in [0, 0.05) is 17.5 Å². The van der Waals surface area contributed by atoms with Gasteiger partial charge in [0.05, 0.1) is 16.1 Å². The van der Waals surface area contributed by atoms with Crippen molar-refractivity contribution in [2.24, 2.45) is 0 Å². The van der Waals surface area contributed by atoms with Crippen LogP contribution >= 0.6 is 0 Å². The maximum atomic E-state index is 13.1. The first-order chi connectivity index (χ1) is 15.4. The van der Waals surface area contributed by atoms with Gasteiger partial charge < -0.3 is 14.2 Å². The topological polar surface area (TPSA) is 134 Å². The van der Waals surface area contributed by atoms with Gasteiger partial charge in [-0.3, -0.25) is 9.71 Å². The van der Waals surface area contributed by atoms with Gasteiger partial charge in [0.15, 0.2) is 11.3 Å². The highest BCUT2D eigenvalue weighted by molar-refractivity contribution is 7.92. The first kappa shape index (κ1) is 20.4. The SMILES string of the molecule is O=c1[nH]c2ccc(S(=O)(=O)Nc3c(NC4CCCCC4)c4ccccc4oc3=O)cc2o1. The summed E-state index contributed by atoms with van der Waals surface area (Å²) in [6, 6.07) is 11.1. The van der Waals surface area contributed by atoms with E-state index in [1.54, 1.807) is 24.3 Å². The zero-order valence-corrected chi connectivity index (χ0v) is 17.8. The summed E-state index contributed by atoms with van der Waals surface area (Å²) in [4.78, 5) is 26.5. The molecule has 0 saturated heterocycles. The van der Waals surface area contributed by atoms with Crippen LogP contribution in [0.3, 0.4) is 0 Å². The average molecular weight is 455 g/mol. The Kier molecular flexibility index (Phi) is 5.01. The van der Waals surface area contributed by atoms with Gasteiger partial charge in [0.1, 0.15) is 5.58 Å². The molecule has 9 nitrogen and oxygen atoms in total. The molecule has 1 fully saturated rings. The highest BCUT2D eigenvalue weighted by Gasteiger charge is 2.24. The van der Waals surface area contributed by atoms with E-state index in [0.29, 0.717) is 22.2 Å². The van der Waals surface area contributed by atoms with Gasteiger partial charge in [-0.1, -0.05) is 31.4 Å². The molecule has 4 aromatic rings. The van der Waals surface area contributed by atoms with Gasteiger partial charge >= 0.3 is 11.4 Å². The molecular formula is C22H21N3O6S. The van der Waals surface area contributed by atoms with Gasteiger partial charge in [-0.25, -0.2) is 18.0 Å². The molecule has 1 aliphatic rings. The third-order valence-corrected chi connectivity index (χ3v) is 7.05. The molecule has 10 heteroatoms. The van der Waals surface area contributed by atoms with Crippen LogP contribution in [-0.4, -0.2) is 19.4 Å². The molecule has 3 N–H and O–H groups in total. The Morgan fingerprint density at radius 1 is 0.906 bits per heavy atom. The van der Waals surface area contributed by atoms with Crippen LogP contribution in [0, 0.1) is 0 Å². The second kappa shape index (κ2) is 7.86. The lowest BCUT2D eigenvalue weighted by Gasteiger charge is -2.25. The van der Waals surface area contributed by atoms with Gasteiger partial charge in [-0.2, -0.15) is 0 Å². The summed E-state index contributed by atoms with van der Waals surface area (Å²) >= 11 is 0. The highest BCUT2D eigenvalue weighted by Crippen LogP contribution is 2.33. The average Bonchev–Trinajstić information content (AvgIpc) is 3.16. The van der Waals surface area contributed by atoms with Gasteiger partial charge in [0.25, 0.3) is 10.0 Å². The van der Waals surface area contributed by atoms with E-state index in [4.69, 9.17) is 8.83 Å². The van der Waals surface area contributed by atoms with Crippen molar-refractivity contribution in [2.75, 3.05) is 10.0 Å². The van der Waals surface area contributed by atoms with Crippen LogP contribution in [0.4, 0.5) is 11.4 Å². The summed E-state index contributed by atoms with van der Waals surface area (Å²) in [6.07, 6.45) is 5.17. The van der Waals surface area contributed by atoms with Crippen LogP contribution in [-0.2, 0) is 10.0 Å². The molecule has 1 saturated carbocycles. The minimum absolute atomic E-state index is 0.101. The molecule has 0 spiro atoms. The van der Waals surface area contributed by atoms with E-state index in [9.17, 15) is 18.0 Å². The summed E-state index contributed by atoms with van der Waals surface area (Å²) < 4.78 is 39.0. The second-order valence-corrected chi connectivity index (χ2v) is 9.58. The first-order valence-electron chi connectivity index (χ1n) is 10.4. The van der Waals surface area contributed by atoms with Crippen molar-refractivity contribution in [1.29, 1.82) is 0 Å². The lowest BCUT2D eigenvalue weighted by atomic mass is 9.95. The Bertz CT molecular complexity index is 1530. The Morgan fingerprint density at radius 3 is 2.50 bits per heavy atom. The summed E-state index contributed by atoms with van der Waals surface area (Å²) in [7, 11) is -4.18. The van der Waals surface area contributed by atoms with Crippen LogP contribution in [0.15, 0.2) is 65.8 Å². The quantitative estimate of drug-likeness (QED) is 0.390. The van der Waals surface area contributed by atoms with E-state index in [2.05, 4.69) is 15.0 Å². The molecule has 0 aliphatic heterocycles. The van der Waals surface area contributed by atoms with E-state index in [1.807, 2.05) is 0 Å². The van der Waals surface area contributed by atoms with E-state index in [1.165, 1.54) is 18.2 Å². The minimum atomic E-state index is -4.18. The van der Waals surface area contributed by atoms with Crippen molar-refractivity contribution in [3.05, 3.63) is 63.4 Å².